The lowest BCUT2D eigenvalue weighted by molar-refractivity contribution is -0.117. The molecule has 0 aliphatic carbocycles. The summed E-state index contributed by atoms with van der Waals surface area (Å²) in [7, 11) is 0. The van der Waals surface area contributed by atoms with Gasteiger partial charge >= 0.3 is 0 Å². The van der Waals surface area contributed by atoms with Crippen LogP contribution in [0.2, 0.25) is 0 Å². The van der Waals surface area contributed by atoms with Gasteiger partial charge in [-0.1, -0.05) is 12.1 Å². The molecule has 0 unspecified atom stereocenters. The average molecular weight is 178 g/mol. The second kappa shape index (κ2) is 3.06. The van der Waals surface area contributed by atoms with Gasteiger partial charge in [-0.3, -0.25) is 4.79 Å². The van der Waals surface area contributed by atoms with Crippen LogP contribution in [0, 0.1) is 0 Å². The lowest BCUT2D eigenvalue weighted by Crippen LogP contribution is -2.41. The summed E-state index contributed by atoms with van der Waals surface area (Å²) in [5.74, 6) is -0.193. The van der Waals surface area contributed by atoms with E-state index in [4.69, 9.17) is 5.11 Å². The Bertz CT molecular complexity index is 338. The molecule has 68 valence electrons. The third kappa shape index (κ3) is 1.36. The van der Waals surface area contributed by atoms with Crippen molar-refractivity contribution in [2.75, 3.05) is 17.2 Å². The van der Waals surface area contributed by atoms with Crippen molar-refractivity contribution in [3.63, 3.8) is 0 Å². The lowest BCUT2D eigenvalue weighted by Gasteiger charge is -2.25. The molecule has 1 heterocycles. The summed E-state index contributed by atoms with van der Waals surface area (Å²) in [6, 6.07) is 6.86. The molecule has 1 aliphatic heterocycles. The van der Waals surface area contributed by atoms with E-state index in [9.17, 15) is 4.79 Å². The first-order valence-corrected chi connectivity index (χ1v) is 4.08. The van der Waals surface area contributed by atoms with Gasteiger partial charge in [0.15, 0.2) is 0 Å². The molecule has 3 N–H and O–H groups in total. The van der Waals surface area contributed by atoms with E-state index in [1.54, 1.807) is 0 Å². The zero-order chi connectivity index (χ0) is 9.26. The van der Waals surface area contributed by atoms with Gasteiger partial charge in [-0.2, -0.15) is 0 Å². The number of para-hydroxylation sites is 2. The molecule has 0 saturated carbocycles. The molecule has 4 heteroatoms. The van der Waals surface area contributed by atoms with Crippen LogP contribution in [0.15, 0.2) is 24.3 Å². The minimum atomic E-state index is -0.533. The number of benzene rings is 1. The molecular formula is C9H10N2O2. The third-order valence-electron chi connectivity index (χ3n) is 2.01. The fourth-order valence-corrected chi connectivity index (χ4v) is 1.32. The van der Waals surface area contributed by atoms with Crippen LogP contribution >= 0.6 is 0 Å². The van der Waals surface area contributed by atoms with Crippen LogP contribution in [0.25, 0.3) is 0 Å². The van der Waals surface area contributed by atoms with Crippen molar-refractivity contribution >= 4 is 17.3 Å². The van der Waals surface area contributed by atoms with E-state index in [0.29, 0.717) is 0 Å². The smallest absolute Gasteiger partial charge is 0.249 e. The molecule has 1 aliphatic rings. The summed E-state index contributed by atoms with van der Waals surface area (Å²) in [5.41, 5.74) is 1.61. The van der Waals surface area contributed by atoms with Crippen molar-refractivity contribution in [1.82, 2.24) is 0 Å². The van der Waals surface area contributed by atoms with E-state index in [2.05, 4.69) is 10.6 Å². The molecule has 4 nitrogen and oxygen atoms in total. The number of amides is 1. The zero-order valence-corrected chi connectivity index (χ0v) is 6.95. The Kier molecular flexibility index (Phi) is 1.90. The van der Waals surface area contributed by atoms with E-state index in [0.717, 1.165) is 11.4 Å². The minimum Gasteiger partial charge on any atom is -0.394 e. The number of carbonyl (C=O) groups excluding carboxylic acids is 1. The second-order valence-corrected chi connectivity index (χ2v) is 2.91. The van der Waals surface area contributed by atoms with Crippen molar-refractivity contribution in [1.29, 1.82) is 0 Å². The number of nitrogens with one attached hydrogen (secondary N) is 2. The number of aliphatic hydroxyl groups excluding tert-OH is 1. The molecule has 1 amide bonds. The molecule has 2 rings (SSSR count). The largest absolute Gasteiger partial charge is 0.394 e. The van der Waals surface area contributed by atoms with Gasteiger partial charge in [-0.25, -0.2) is 0 Å². The van der Waals surface area contributed by atoms with Gasteiger partial charge in [0.05, 0.1) is 18.0 Å². The van der Waals surface area contributed by atoms with Crippen molar-refractivity contribution in [3.05, 3.63) is 24.3 Å². The van der Waals surface area contributed by atoms with Gasteiger partial charge in [0.25, 0.3) is 0 Å². The molecule has 0 fully saturated rings. The fourth-order valence-electron chi connectivity index (χ4n) is 1.32. The number of rotatable bonds is 1. The van der Waals surface area contributed by atoms with E-state index >= 15 is 0 Å². The SMILES string of the molecule is O=C1Nc2ccccc2N[C@H]1CO. The summed E-state index contributed by atoms with van der Waals surface area (Å²) in [6.45, 7) is -0.194. The normalized spacial score (nSPS) is 20.1. The summed E-state index contributed by atoms with van der Waals surface area (Å²) >= 11 is 0. The van der Waals surface area contributed by atoms with Gasteiger partial charge in [0, 0.05) is 0 Å². The highest BCUT2D eigenvalue weighted by molar-refractivity contribution is 6.02. The predicted molar refractivity (Wildman–Crippen MR) is 49.6 cm³/mol. The van der Waals surface area contributed by atoms with Crippen molar-refractivity contribution in [3.8, 4) is 0 Å². The summed E-state index contributed by atoms with van der Waals surface area (Å²) in [5, 5.41) is 14.5. The van der Waals surface area contributed by atoms with Gasteiger partial charge in [-0.05, 0) is 12.1 Å². The van der Waals surface area contributed by atoms with Crippen LogP contribution in [-0.2, 0) is 4.79 Å². The lowest BCUT2D eigenvalue weighted by atomic mass is 10.1. The molecule has 1 aromatic rings. The molecule has 13 heavy (non-hydrogen) atoms. The van der Waals surface area contributed by atoms with Crippen LogP contribution in [0.4, 0.5) is 11.4 Å². The molecule has 0 aromatic heterocycles. The van der Waals surface area contributed by atoms with E-state index < -0.39 is 6.04 Å². The monoisotopic (exact) mass is 178 g/mol. The molecule has 1 aromatic carbocycles. The van der Waals surface area contributed by atoms with Crippen molar-refractivity contribution in [2.24, 2.45) is 0 Å². The molecular weight excluding hydrogens is 168 g/mol. The molecule has 0 saturated heterocycles. The van der Waals surface area contributed by atoms with Crippen molar-refractivity contribution in [2.45, 2.75) is 6.04 Å². The summed E-state index contributed by atoms with van der Waals surface area (Å²) in [6.07, 6.45) is 0. The number of hydrogen-bond acceptors (Lipinski definition) is 3. The number of aliphatic hydroxyl groups is 1. The first-order chi connectivity index (χ1) is 6.31. The zero-order valence-electron chi connectivity index (χ0n) is 6.95. The highest BCUT2D eigenvalue weighted by Crippen LogP contribution is 2.25. The third-order valence-corrected chi connectivity index (χ3v) is 2.01. The molecule has 0 spiro atoms. The maximum atomic E-state index is 11.3. The molecule has 0 bridgehead atoms. The Balaban J connectivity index is 2.33. The number of carbonyl (C=O) groups is 1. The van der Waals surface area contributed by atoms with Gasteiger partial charge < -0.3 is 15.7 Å². The first-order valence-electron chi connectivity index (χ1n) is 4.08. The van der Waals surface area contributed by atoms with Crippen LogP contribution in [-0.4, -0.2) is 23.7 Å². The fraction of sp³-hybridized carbons (Fsp3) is 0.222. The average Bonchev–Trinajstić information content (AvgIpc) is 2.17. The Labute approximate surface area is 75.6 Å². The van der Waals surface area contributed by atoms with Crippen LogP contribution in [0.1, 0.15) is 0 Å². The van der Waals surface area contributed by atoms with Gasteiger partial charge in [-0.15, -0.1) is 0 Å². The Morgan fingerprint density at radius 2 is 2.00 bits per heavy atom. The topological polar surface area (TPSA) is 61.4 Å². The van der Waals surface area contributed by atoms with Crippen LogP contribution in [0.3, 0.4) is 0 Å². The Morgan fingerprint density at radius 1 is 1.31 bits per heavy atom. The van der Waals surface area contributed by atoms with Crippen molar-refractivity contribution < 1.29 is 9.90 Å². The van der Waals surface area contributed by atoms with E-state index in [1.807, 2.05) is 24.3 Å². The maximum absolute atomic E-state index is 11.3. The molecule has 0 radical (unpaired) electrons. The quantitative estimate of drug-likeness (QED) is 0.583. The van der Waals surface area contributed by atoms with E-state index in [-0.39, 0.29) is 12.5 Å². The summed E-state index contributed by atoms with van der Waals surface area (Å²) < 4.78 is 0. The molecule has 1 atom stereocenters. The Hall–Kier alpha value is -1.55. The van der Waals surface area contributed by atoms with Gasteiger partial charge in [0.1, 0.15) is 6.04 Å². The highest BCUT2D eigenvalue weighted by atomic mass is 16.3. The predicted octanol–water partition coefficient (Wildman–Crippen LogP) is 0.411. The highest BCUT2D eigenvalue weighted by Gasteiger charge is 2.23. The number of anilines is 2. The maximum Gasteiger partial charge on any atom is 0.249 e. The summed E-state index contributed by atoms with van der Waals surface area (Å²) in [4.78, 5) is 11.3. The van der Waals surface area contributed by atoms with Crippen LogP contribution in [0.5, 0.6) is 0 Å². The first kappa shape index (κ1) is 8.07. The van der Waals surface area contributed by atoms with Gasteiger partial charge in [0.2, 0.25) is 5.91 Å². The van der Waals surface area contributed by atoms with Crippen LogP contribution < -0.4 is 10.6 Å². The second-order valence-electron chi connectivity index (χ2n) is 2.91. The van der Waals surface area contributed by atoms with E-state index in [1.165, 1.54) is 0 Å². The number of fused-ring (bicyclic) bond motifs is 1. The standard InChI is InChI=1S/C9H10N2O2/c12-5-8-9(13)11-7-4-2-1-3-6(7)10-8/h1-4,8,10,12H,5H2,(H,11,13)/t8-/m0/s1. The number of hydrogen-bond donors (Lipinski definition) is 3. The minimum absolute atomic E-state index is 0.193. The Morgan fingerprint density at radius 3 is 2.69 bits per heavy atom.